The molecule has 2 heterocycles. The van der Waals surface area contributed by atoms with Crippen LogP contribution in [-0.2, 0) is 4.74 Å². The summed E-state index contributed by atoms with van der Waals surface area (Å²) in [5, 5.41) is 11.6. The maximum atomic E-state index is 9.56. The normalized spacial score (nSPS) is 29.5. The van der Waals surface area contributed by atoms with Gasteiger partial charge in [-0.2, -0.15) is 0 Å². The van der Waals surface area contributed by atoms with Crippen LogP contribution in [0.15, 0.2) is 11.4 Å². The van der Waals surface area contributed by atoms with Crippen molar-refractivity contribution >= 4 is 11.3 Å². The van der Waals surface area contributed by atoms with Crippen molar-refractivity contribution in [3.8, 4) is 0 Å². The highest BCUT2D eigenvalue weighted by atomic mass is 32.1. The van der Waals surface area contributed by atoms with Gasteiger partial charge in [-0.3, -0.25) is 0 Å². The number of aliphatic hydroxyl groups is 1. The highest BCUT2D eigenvalue weighted by Gasteiger charge is 2.28. The molecule has 0 saturated carbocycles. The first kappa shape index (κ1) is 8.23. The Morgan fingerprint density at radius 3 is 2.92 bits per heavy atom. The van der Waals surface area contributed by atoms with E-state index in [9.17, 15) is 5.11 Å². The largest absolute Gasteiger partial charge is 0.390 e. The molecule has 0 amide bonds. The third kappa shape index (κ3) is 1.28. The monoisotopic (exact) mass is 184 g/mol. The van der Waals surface area contributed by atoms with Gasteiger partial charge in [-0.05, 0) is 23.9 Å². The first-order valence-corrected chi connectivity index (χ1v) is 4.97. The lowest BCUT2D eigenvalue weighted by molar-refractivity contribution is 0.124. The summed E-state index contributed by atoms with van der Waals surface area (Å²) in [6.45, 7) is 3.24. The summed E-state index contributed by atoms with van der Waals surface area (Å²) in [5.41, 5.74) is 1.25. The number of aryl methyl sites for hydroxylation is 1. The first-order valence-electron chi connectivity index (χ1n) is 4.09. The van der Waals surface area contributed by atoms with E-state index in [-0.39, 0.29) is 12.0 Å². The van der Waals surface area contributed by atoms with Crippen LogP contribution < -0.4 is 0 Å². The molecule has 0 aliphatic carbocycles. The Balaban J connectivity index is 2.24. The Morgan fingerprint density at radius 1 is 1.58 bits per heavy atom. The van der Waals surface area contributed by atoms with Gasteiger partial charge in [0.1, 0.15) is 0 Å². The molecule has 0 aromatic carbocycles. The smallest absolute Gasteiger partial charge is 0.0864 e. The zero-order chi connectivity index (χ0) is 8.55. The molecule has 12 heavy (non-hydrogen) atoms. The zero-order valence-corrected chi connectivity index (χ0v) is 7.80. The molecule has 3 heteroatoms. The second kappa shape index (κ2) is 3.17. The van der Waals surface area contributed by atoms with Crippen LogP contribution in [0.4, 0.5) is 0 Å². The lowest BCUT2D eigenvalue weighted by Crippen LogP contribution is -2.15. The van der Waals surface area contributed by atoms with E-state index in [0.717, 1.165) is 0 Å². The van der Waals surface area contributed by atoms with Crippen molar-refractivity contribution in [2.45, 2.75) is 18.9 Å². The average Bonchev–Trinajstić information content (AvgIpc) is 2.59. The van der Waals surface area contributed by atoms with Gasteiger partial charge in [-0.25, -0.2) is 0 Å². The summed E-state index contributed by atoms with van der Waals surface area (Å²) in [4.78, 5) is 1.30. The van der Waals surface area contributed by atoms with Crippen molar-refractivity contribution in [2.75, 3.05) is 13.2 Å². The van der Waals surface area contributed by atoms with E-state index in [1.807, 2.05) is 0 Å². The molecule has 1 aliphatic rings. The number of ether oxygens (including phenoxy) is 1. The molecule has 1 aromatic rings. The van der Waals surface area contributed by atoms with Crippen LogP contribution in [0.3, 0.4) is 0 Å². The molecule has 0 spiro atoms. The summed E-state index contributed by atoms with van der Waals surface area (Å²) in [5.74, 6) is 0.205. The van der Waals surface area contributed by atoms with E-state index in [2.05, 4.69) is 18.4 Å². The van der Waals surface area contributed by atoms with Gasteiger partial charge in [0.25, 0.3) is 0 Å². The Bertz CT molecular complexity index is 269. The standard InChI is InChI=1S/C9H12O2S/c1-6-7(2-3-12-6)8-4-11-5-9(8)10/h2-3,8-10H,4-5H2,1H3. The topological polar surface area (TPSA) is 29.5 Å². The van der Waals surface area contributed by atoms with E-state index in [1.54, 1.807) is 11.3 Å². The van der Waals surface area contributed by atoms with Crippen LogP contribution in [0.1, 0.15) is 16.4 Å². The van der Waals surface area contributed by atoms with Crippen molar-refractivity contribution in [3.63, 3.8) is 0 Å². The second-order valence-corrected chi connectivity index (χ2v) is 4.26. The SMILES string of the molecule is Cc1sccc1C1COCC1O. The van der Waals surface area contributed by atoms with Gasteiger partial charge in [0.05, 0.1) is 19.3 Å². The van der Waals surface area contributed by atoms with Crippen molar-refractivity contribution in [1.82, 2.24) is 0 Å². The molecule has 1 N–H and O–H groups in total. The molecule has 2 nitrogen and oxygen atoms in total. The summed E-state index contributed by atoms with van der Waals surface area (Å²) < 4.78 is 5.20. The number of hydrogen-bond acceptors (Lipinski definition) is 3. The number of aliphatic hydroxyl groups excluding tert-OH is 1. The quantitative estimate of drug-likeness (QED) is 0.717. The van der Waals surface area contributed by atoms with Crippen molar-refractivity contribution in [3.05, 3.63) is 21.9 Å². The summed E-state index contributed by atoms with van der Waals surface area (Å²) in [6.07, 6.45) is -0.307. The highest BCUT2D eigenvalue weighted by molar-refractivity contribution is 7.10. The van der Waals surface area contributed by atoms with Crippen LogP contribution in [0.2, 0.25) is 0 Å². The maximum absolute atomic E-state index is 9.56. The summed E-state index contributed by atoms with van der Waals surface area (Å²) in [7, 11) is 0. The van der Waals surface area contributed by atoms with Crippen LogP contribution in [-0.4, -0.2) is 24.4 Å². The Labute approximate surface area is 75.8 Å². The lowest BCUT2D eigenvalue weighted by Gasteiger charge is -2.11. The molecule has 2 rings (SSSR count). The molecule has 1 fully saturated rings. The molecule has 1 aromatic heterocycles. The van der Waals surface area contributed by atoms with Crippen LogP contribution in [0.5, 0.6) is 0 Å². The predicted octanol–water partition coefficient (Wildman–Crippen LogP) is 1.53. The molecule has 1 saturated heterocycles. The molecule has 66 valence electrons. The Morgan fingerprint density at radius 2 is 2.42 bits per heavy atom. The third-order valence-corrected chi connectivity index (χ3v) is 3.21. The van der Waals surface area contributed by atoms with Gasteiger partial charge in [0.2, 0.25) is 0 Å². The Kier molecular flexibility index (Phi) is 2.17. The fourth-order valence-corrected chi connectivity index (χ4v) is 2.39. The molecular weight excluding hydrogens is 172 g/mol. The van der Waals surface area contributed by atoms with E-state index in [0.29, 0.717) is 13.2 Å². The van der Waals surface area contributed by atoms with Crippen LogP contribution in [0.25, 0.3) is 0 Å². The lowest BCUT2D eigenvalue weighted by atomic mass is 9.97. The second-order valence-electron chi connectivity index (χ2n) is 3.14. The molecule has 2 atom stereocenters. The molecule has 2 unspecified atom stereocenters. The van der Waals surface area contributed by atoms with Crippen molar-refractivity contribution < 1.29 is 9.84 Å². The van der Waals surface area contributed by atoms with E-state index in [4.69, 9.17) is 4.74 Å². The van der Waals surface area contributed by atoms with Gasteiger partial charge in [-0.1, -0.05) is 0 Å². The van der Waals surface area contributed by atoms with E-state index < -0.39 is 0 Å². The van der Waals surface area contributed by atoms with Gasteiger partial charge < -0.3 is 9.84 Å². The predicted molar refractivity (Wildman–Crippen MR) is 48.6 cm³/mol. The summed E-state index contributed by atoms with van der Waals surface area (Å²) >= 11 is 1.73. The minimum absolute atomic E-state index is 0.205. The van der Waals surface area contributed by atoms with Gasteiger partial charge >= 0.3 is 0 Å². The summed E-state index contributed by atoms with van der Waals surface area (Å²) in [6, 6.07) is 2.09. The zero-order valence-electron chi connectivity index (χ0n) is 6.99. The number of thiophene rings is 1. The van der Waals surface area contributed by atoms with Gasteiger partial charge in [0, 0.05) is 10.8 Å². The Hall–Kier alpha value is -0.380. The number of rotatable bonds is 1. The highest BCUT2D eigenvalue weighted by Crippen LogP contribution is 2.30. The van der Waals surface area contributed by atoms with Gasteiger partial charge in [0.15, 0.2) is 0 Å². The maximum Gasteiger partial charge on any atom is 0.0864 e. The third-order valence-electron chi connectivity index (χ3n) is 2.35. The molecular formula is C9H12O2S. The number of hydrogen-bond donors (Lipinski definition) is 1. The molecule has 0 bridgehead atoms. The van der Waals surface area contributed by atoms with Crippen LogP contribution in [0, 0.1) is 6.92 Å². The first-order chi connectivity index (χ1) is 5.79. The van der Waals surface area contributed by atoms with Crippen molar-refractivity contribution in [1.29, 1.82) is 0 Å². The molecule has 1 aliphatic heterocycles. The van der Waals surface area contributed by atoms with Gasteiger partial charge in [-0.15, -0.1) is 11.3 Å². The van der Waals surface area contributed by atoms with E-state index >= 15 is 0 Å². The minimum atomic E-state index is -0.307. The minimum Gasteiger partial charge on any atom is -0.390 e. The molecule has 0 radical (unpaired) electrons. The fraction of sp³-hybridized carbons (Fsp3) is 0.556. The van der Waals surface area contributed by atoms with Crippen LogP contribution >= 0.6 is 11.3 Å². The van der Waals surface area contributed by atoms with Crippen molar-refractivity contribution in [2.24, 2.45) is 0 Å². The van der Waals surface area contributed by atoms with E-state index in [1.165, 1.54) is 10.4 Å². The fourth-order valence-electron chi connectivity index (χ4n) is 1.62. The average molecular weight is 184 g/mol.